The Kier molecular flexibility index (Phi) is 40.7. The van der Waals surface area contributed by atoms with Crippen LogP contribution in [0.4, 0.5) is 0 Å². The highest BCUT2D eigenvalue weighted by atomic mass is 31.2. The first-order valence-corrected chi connectivity index (χ1v) is 25.5. The maximum atomic E-state index is 12.7. The molecule has 0 radical (unpaired) electrons. The van der Waals surface area contributed by atoms with Crippen LogP contribution in [-0.4, -0.2) is 81.2 Å². The molecule has 10 nitrogen and oxygen atoms in total. The SMILES string of the molecule is CC/C=C\C/C=C\C/C=C\C/C=C\C/C=C\C=C/C(O)CCC(=O)O[C@H](COC(=O)CCCCCCCCCCC/C=C\C/C=C\CCCCC)COP(=O)([O-])OCC[N+](C)(C)C. The second-order valence-electron chi connectivity index (χ2n) is 16.9. The summed E-state index contributed by atoms with van der Waals surface area (Å²) in [5, 5.41) is 10.4. The molecule has 2 unspecified atom stereocenters. The molecule has 0 amide bonds. The number of phosphoric acid groups is 1. The number of phosphoric ester groups is 1. The van der Waals surface area contributed by atoms with E-state index in [1.54, 1.807) is 12.2 Å². The van der Waals surface area contributed by atoms with Gasteiger partial charge in [0.25, 0.3) is 7.82 Å². The lowest BCUT2D eigenvalue weighted by atomic mass is 10.1. The summed E-state index contributed by atoms with van der Waals surface area (Å²) in [5.41, 5.74) is 0. The van der Waals surface area contributed by atoms with E-state index in [0.717, 1.165) is 64.2 Å². The van der Waals surface area contributed by atoms with Crippen LogP contribution in [0.2, 0.25) is 0 Å². The summed E-state index contributed by atoms with van der Waals surface area (Å²) < 4.78 is 33.7. The average Bonchev–Trinajstić information content (AvgIpc) is 3.24. The number of hydrogen-bond donors (Lipinski definition) is 1. The number of carbonyl (C=O) groups is 2. The van der Waals surface area contributed by atoms with Crippen LogP contribution >= 0.6 is 7.82 Å². The lowest BCUT2D eigenvalue weighted by Gasteiger charge is -2.28. The lowest BCUT2D eigenvalue weighted by molar-refractivity contribution is -0.870. The summed E-state index contributed by atoms with van der Waals surface area (Å²) in [5.74, 6) is -1.13. The molecule has 0 aromatic heterocycles. The minimum absolute atomic E-state index is 0.0790. The molecule has 63 heavy (non-hydrogen) atoms. The zero-order valence-corrected chi connectivity index (χ0v) is 41.0. The van der Waals surface area contributed by atoms with E-state index >= 15 is 0 Å². The van der Waals surface area contributed by atoms with E-state index in [4.69, 9.17) is 18.5 Å². The number of rotatable bonds is 42. The van der Waals surface area contributed by atoms with Crippen molar-refractivity contribution < 1.29 is 47.2 Å². The molecule has 0 saturated carbocycles. The van der Waals surface area contributed by atoms with Gasteiger partial charge in [0.05, 0.1) is 33.9 Å². The van der Waals surface area contributed by atoms with Crippen LogP contribution in [0.15, 0.2) is 97.2 Å². The Hall–Kier alpha value is -3.11. The van der Waals surface area contributed by atoms with Crippen LogP contribution in [0.1, 0.15) is 162 Å². The van der Waals surface area contributed by atoms with Gasteiger partial charge in [-0.3, -0.25) is 14.2 Å². The topological polar surface area (TPSA) is 131 Å². The van der Waals surface area contributed by atoms with Gasteiger partial charge in [-0.15, -0.1) is 0 Å². The Morgan fingerprint density at radius 1 is 0.603 bits per heavy atom. The number of quaternary nitrogens is 1. The van der Waals surface area contributed by atoms with Gasteiger partial charge in [0.2, 0.25) is 0 Å². The van der Waals surface area contributed by atoms with Crippen LogP contribution < -0.4 is 4.89 Å². The number of nitrogens with zero attached hydrogens (tertiary/aromatic N) is 1. The van der Waals surface area contributed by atoms with E-state index in [-0.39, 0.29) is 32.5 Å². The van der Waals surface area contributed by atoms with Crippen molar-refractivity contribution in [2.24, 2.45) is 0 Å². The van der Waals surface area contributed by atoms with Crippen LogP contribution in [-0.2, 0) is 32.7 Å². The summed E-state index contributed by atoms with van der Waals surface area (Å²) in [6.07, 6.45) is 53.3. The number of aliphatic hydroxyl groups excluding tert-OH is 1. The maximum Gasteiger partial charge on any atom is 0.306 e. The molecule has 0 aromatic rings. The molecule has 0 bridgehead atoms. The molecule has 0 aromatic carbocycles. The third-order valence-electron chi connectivity index (χ3n) is 9.71. The van der Waals surface area contributed by atoms with E-state index < -0.39 is 38.6 Å². The summed E-state index contributed by atoms with van der Waals surface area (Å²) in [7, 11) is 1.00. The molecule has 11 heteroatoms. The Labute approximate surface area is 384 Å². The Morgan fingerprint density at radius 2 is 1.11 bits per heavy atom. The van der Waals surface area contributed by atoms with E-state index in [1.165, 1.54) is 57.8 Å². The molecule has 0 saturated heterocycles. The summed E-state index contributed by atoms with van der Waals surface area (Å²) in [6.45, 7) is 3.79. The van der Waals surface area contributed by atoms with Crippen molar-refractivity contribution in [3.63, 3.8) is 0 Å². The van der Waals surface area contributed by atoms with Crippen molar-refractivity contribution in [2.45, 2.75) is 174 Å². The number of esters is 2. The normalized spacial score (nSPS) is 14.8. The number of carbonyl (C=O) groups excluding carboxylic acids is 2. The Bertz CT molecular complexity index is 1410. The van der Waals surface area contributed by atoms with Gasteiger partial charge >= 0.3 is 11.9 Å². The smallest absolute Gasteiger partial charge is 0.306 e. The number of allylic oxidation sites excluding steroid dienone is 15. The number of unbranched alkanes of at least 4 members (excludes halogenated alkanes) is 12. The average molecular weight is 902 g/mol. The molecule has 0 aliphatic carbocycles. The van der Waals surface area contributed by atoms with Gasteiger partial charge in [0.15, 0.2) is 6.10 Å². The van der Waals surface area contributed by atoms with Crippen molar-refractivity contribution >= 4 is 19.8 Å². The van der Waals surface area contributed by atoms with Crippen LogP contribution in [0.3, 0.4) is 0 Å². The van der Waals surface area contributed by atoms with Gasteiger partial charge in [-0.05, 0) is 77.0 Å². The third-order valence-corrected chi connectivity index (χ3v) is 10.7. The predicted octanol–water partition coefficient (Wildman–Crippen LogP) is 12.5. The predicted molar refractivity (Wildman–Crippen MR) is 260 cm³/mol. The molecular weight excluding hydrogens is 814 g/mol. The molecule has 0 aliphatic rings. The molecule has 0 heterocycles. The molecule has 0 fully saturated rings. The zero-order chi connectivity index (χ0) is 46.5. The first-order valence-electron chi connectivity index (χ1n) is 24.1. The minimum atomic E-state index is -4.70. The standard InChI is InChI=1S/C52H88NO9P/c1-6-8-10-12-14-16-18-20-22-24-25-26-28-30-32-34-36-38-40-42-51(55)59-47-50(48-61-63(57,58)60-46-45-53(3,4)5)62-52(56)44-43-49(54)41-39-37-35-33-31-29-27-23-21-19-17-15-13-11-9-7-2/h9,11,14-17,20-23,29,31,35,37,39,41,49-50,54H,6-8,10,12-13,18-19,24-28,30,32-34,36,38,40,42-48H2,1-5H3/b11-9-,16-14-,17-15-,22-20-,23-21-,31-29-,37-35-,41-39-/t49?,50-/m1/s1. The van der Waals surface area contributed by atoms with Crippen LogP contribution in [0.5, 0.6) is 0 Å². The molecule has 360 valence electrons. The first-order chi connectivity index (χ1) is 30.4. The van der Waals surface area contributed by atoms with Gasteiger partial charge in [0.1, 0.15) is 19.8 Å². The fourth-order valence-electron chi connectivity index (χ4n) is 5.91. The Balaban J connectivity index is 4.54. The highest BCUT2D eigenvalue weighted by Gasteiger charge is 2.22. The van der Waals surface area contributed by atoms with Crippen molar-refractivity contribution in [1.29, 1.82) is 0 Å². The highest BCUT2D eigenvalue weighted by Crippen LogP contribution is 2.38. The van der Waals surface area contributed by atoms with Crippen molar-refractivity contribution in [2.75, 3.05) is 47.5 Å². The second kappa shape index (κ2) is 42.8. The van der Waals surface area contributed by atoms with Crippen molar-refractivity contribution in [1.82, 2.24) is 0 Å². The monoisotopic (exact) mass is 902 g/mol. The quantitative estimate of drug-likeness (QED) is 0.0159. The van der Waals surface area contributed by atoms with Crippen molar-refractivity contribution in [3.05, 3.63) is 97.2 Å². The van der Waals surface area contributed by atoms with Crippen LogP contribution in [0, 0.1) is 0 Å². The van der Waals surface area contributed by atoms with Gasteiger partial charge in [-0.25, -0.2) is 0 Å². The third kappa shape index (κ3) is 46.7. The molecule has 3 atom stereocenters. The fourth-order valence-corrected chi connectivity index (χ4v) is 6.64. The second-order valence-corrected chi connectivity index (χ2v) is 18.3. The lowest BCUT2D eigenvalue weighted by Crippen LogP contribution is -2.37. The van der Waals surface area contributed by atoms with E-state index in [2.05, 4.69) is 86.8 Å². The van der Waals surface area contributed by atoms with Gasteiger partial charge < -0.3 is 33.0 Å². The molecule has 0 aliphatic heterocycles. The van der Waals surface area contributed by atoms with E-state index in [1.807, 2.05) is 33.3 Å². The molecular formula is C52H88NO9P. The number of hydrogen-bond acceptors (Lipinski definition) is 9. The first kappa shape index (κ1) is 59.9. The largest absolute Gasteiger partial charge is 0.756 e. The van der Waals surface area contributed by atoms with Gasteiger partial charge in [0, 0.05) is 12.8 Å². The number of aliphatic hydroxyl groups is 1. The highest BCUT2D eigenvalue weighted by molar-refractivity contribution is 7.45. The van der Waals surface area contributed by atoms with E-state index in [9.17, 15) is 24.2 Å². The molecule has 1 N–H and O–H groups in total. The van der Waals surface area contributed by atoms with Crippen LogP contribution in [0.25, 0.3) is 0 Å². The maximum absolute atomic E-state index is 12.7. The van der Waals surface area contributed by atoms with E-state index in [0.29, 0.717) is 17.4 Å². The number of ether oxygens (including phenoxy) is 2. The molecule has 0 rings (SSSR count). The summed E-state index contributed by atoms with van der Waals surface area (Å²) in [4.78, 5) is 37.7. The molecule has 0 spiro atoms. The number of likely N-dealkylation sites (N-methyl/N-ethyl adjacent to an activating group) is 1. The zero-order valence-electron chi connectivity index (χ0n) is 40.1. The van der Waals surface area contributed by atoms with Gasteiger partial charge in [-0.1, -0.05) is 169 Å². The summed E-state index contributed by atoms with van der Waals surface area (Å²) >= 11 is 0. The fraction of sp³-hybridized carbons (Fsp3) is 0.654. The Morgan fingerprint density at radius 3 is 1.67 bits per heavy atom. The van der Waals surface area contributed by atoms with Crippen molar-refractivity contribution in [3.8, 4) is 0 Å². The minimum Gasteiger partial charge on any atom is -0.756 e. The summed E-state index contributed by atoms with van der Waals surface area (Å²) in [6, 6.07) is 0. The van der Waals surface area contributed by atoms with Gasteiger partial charge in [-0.2, -0.15) is 0 Å².